The third-order valence-corrected chi connectivity index (χ3v) is 7.89. The lowest BCUT2D eigenvalue weighted by Crippen LogP contribution is -2.45. The molecular formula is C29H33N5O4S. The first-order chi connectivity index (χ1) is 18.6. The fourth-order valence-electron chi connectivity index (χ4n) is 4.82. The predicted molar refractivity (Wildman–Crippen MR) is 153 cm³/mol. The van der Waals surface area contributed by atoms with E-state index in [0.717, 1.165) is 47.5 Å². The number of morpholine rings is 1. The summed E-state index contributed by atoms with van der Waals surface area (Å²) in [5.41, 5.74) is 3.76. The number of fused-ring (bicyclic) bond motifs is 1. The number of amides is 1. The predicted octanol–water partition coefficient (Wildman–Crippen LogP) is 4.19. The fraction of sp³-hybridized carbons (Fsp3) is 0.310. The molecule has 0 bridgehead atoms. The van der Waals surface area contributed by atoms with E-state index in [1.807, 2.05) is 36.4 Å². The summed E-state index contributed by atoms with van der Waals surface area (Å²) in [7, 11) is -3.44. The number of ether oxygens (including phenoxy) is 1. The molecule has 1 fully saturated rings. The highest BCUT2D eigenvalue weighted by Gasteiger charge is 2.23. The van der Waals surface area contributed by atoms with Crippen molar-refractivity contribution in [1.29, 1.82) is 0 Å². The van der Waals surface area contributed by atoms with Crippen LogP contribution in [0.15, 0.2) is 65.7 Å². The molecule has 204 valence electrons. The average molecular weight is 548 g/mol. The molecule has 1 aromatic carbocycles. The van der Waals surface area contributed by atoms with Crippen LogP contribution in [0.1, 0.15) is 36.9 Å². The number of hydrogen-bond donors (Lipinski definition) is 1. The number of rotatable bonds is 6. The van der Waals surface area contributed by atoms with E-state index in [1.165, 1.54) is 6.07 Å². The Morgan fingerprint density at radius 1 is 1.05 bits per heavy atom. The number of hydrogen-bond acceptors (Lipinski definition) is 8. The van der Waals surface area contributed by atoms with Gasteiger partial charge in [0.25, 0.3) is 5.91 Å². The molecule has 10 heteroatoms. The van der Waals surface area contributed by atoms with Gasteiger partial charge in [0.2, 0.25) is 0 Å². The highest BCUT2D eigenvalue weighted by molar-refractivity contribution is 7.90. The minimum atomic E-state index is -3.44. The first-order valence-electron chi connectivity index (χ1n) is 12.8. The van der Waals surface area contributed by atoms with Gasteiger partial charge in [0.1, 0.15) is 5.82 Å². The van der Waals surface area contributed by atoms with E-state index in [9.17, 15) is 13.2 Å². The van der Waals surface area contributed by atoms with Crippen LogP contribution in [0.25, 0.3) is 22.3 Å². The van der Waals surface area contributed by atoms with Crippen LogP contribution in [0, 0.1) is 6.92 Å². The quantitative estimate of drug-likeness (QED) is 0.382. The largest absolute Gasteiger partial charge is 0.372 e. The van der Waals surface area contributed by atoms with Crippen molar-refractivity contribution in [3.8, 4) is 11.4 Å². The van der Waals surface area contributed by atoms with Gasteiger partial charge in [-0.3, -0.25) is 9.78 Å². The summed E-state index contributed by atoms with van der Waals surface area (Å²) in [4.78, 5) is 29.3. The molecule has 0 unspecified atom stereocenters. The second-order valence-electron chi connectivity index (χ2n) is 10.0. The number of carbonyl (C=O) groups excluding carboxylic acids is 1. The van der Waals surface area contributed by atoms with Gasteiger partial charge >= 0.3 is 0 Å². The second kappa shape index (κ2) is 10.7. The molecule has 3 aromatic heterocycles. The van der Waals surface area contributed by atoms with Gasteiger partial charge in [-0.25, -0.2) is 18.4 Å². The maximum Gasteiger partial charge on any atom is 0.251 e. The molecule has 5 rings (SSSR count). The normalized spacial score (nSPS) is 17.8. The first kappa shape index (κ1) is 26.7. The number of anilines is 1. The van der Waals surface area contributed by atoms with Gasteiger partial charge < -0.3 is 15.0 Å². The zero-order valence-corrected chi connectivity index (χ0v) is 23.2. The van der Waals surface area contributed by atoms with Gasteiger partial charge in [-0.1, -0.05) is 12.1 Å². The standard InChI is InChI=1S/C29H31N5O4S.H2/c1-18-8-9-21(12-27(18)39(4,36)37)29(35)31-15-23-13-26-22(14-30-23)10-11-25(32-26)24-6-5-7-28(33-24)34-16-19(2)38-20(3)17-34;/h5-14,19-20H,15-17H2,1-4H3,(H,31,35);1H/t19-,20+;. The number of aromatic nitrogens is 3. The van der Waals surface area contributed by atoms with Crippen LogP contribution >= 0.6 is 0 Å². The minimum absolute atomic E-state index is 0. The van der Waals surface area contributed by atoms with Gasteiger partial charge in [0.15, 0.2) is 9.84 Å². The highest BCUT2D eigenvalue weighted by Crippen LogP contribution is 2.24. The Kier molecular flexibility index (Phi) is 7.33. The minimum Gasteiger partial charge on any atom is -0.372 e. The van der Waals surface area contributed by atoms with Crippen molar-refractivity contribution in [2.24, 2.45) is 0 Å². The van der Waals surface area contributed by atoms with Gasteiger partial charge in [-0.2, -0.15) is 0 Å². The van der Waals surface area contributed by atoms with Crippen LogP contribution in [0.4, 0.5) is 5.82 Å². The average Bonchev–Trinajstić information content (AvgIpc) is 2.90. The molecule has 0 radical (unpaired) electrons. The maximum absolute atomic E-state index is 12.7. The summed E-state index contributed by atoms with van der Waals surface area (Å²) in [6.45, 7) is 7.57. The maximum atomic E-state index is 12.7. The molecule has 0 saturated carbocycles. The van der Waals surface area contributed by atoms with Crippen molar-refractivity contribution in [1.82, 2.24) is 20.3 Å². The molecule has 1 amide bonds. The molecule has 2 atom stereocenters. The Hall–Kier alpha value is -3.89. The molecule has 4 heterocycles. The molecule has 1 aliphatic rings. The first-order valence-corrected chi connectivity index (χ1v) is 14.7. The van der Waals surface area contributed by atoms with Crippen molar-refractivity contribution in [3.05, 3.63) is 77.6 Å². The number of pyridine rings is 3. The smallest absolute Gasteiger partial charge is 0.251 e. The van der Waals surface area contributed by atoms with Crippen LogP contribution in [-0.2, 0) is 21.1 Å². The van der Waals surface area contributed by atoms with Crippen LogP contribution in [-0.4, -0.2) is 60.8 Å². The number of carbonyl (C=O) groups is 1. The highest BCUT2D eigenvalue weighted by atomic mass is 32.2. The molecular weight excluding hydrogens is 514 g/mol. The summed E-state index contributed by atoms with van der Waals surface area (Å²) in [6, 6.07) is 16.3. The Morgan fingerprint density at radius 3 is 2.54 bits per heavy atom. The van der Waals surface area contributed by atoms with Gasteiger partial charge in [-0.05, 0) is 68.8 Å². The van der Waals surface area contributed by atoms with E-state index >= 15 is 0 Å². The van der Waals surface area contributed by atoms with E-state index in [0.29, 0.717) is 11.3 Å². The Balaban J connectivity index is 0.00000370. The van der Waals surface area contributed by atoms with Crippen LogP contribution in [0.5, 0.6) is 0 Å². The molecule has 9 nitrogen and oxygen atoms in total. The van der Waals surface area contributed by atoms with E-state index < -0.39 is 9.84 Å². The molecule has 1 aliphatic heterocycles. The SMILES string of the molecule is Cc1ccc(C(=O)NCc2cc3nc(-c4cccc(N5C[C@@H](C)O[C@@H](C)C5)n4)ccc3cn2)cc1S(C)(=O)=O.[HH]. The lowest BCUT2D eigenvalue weighted by Gasteiger charge is -2.36. The number of aryl methyl sites for hydroxylation is 1. The molecule has 4 aromatic rings. The number of nitrogens with one attached hydrogen (secondary N) is 1. The van der Waals surface area contributed by atoms with Gasteiger partial charge in [0, 0.05) is 37.9 Å². The van der Waals surface area contributed by atoms with E-state index in [2.05, 4.69) is 29.0 Å². The van der Waals surface area contributed by atoms with Crippen LogP contribution in [0.3, 0.4) is 0 Å². The summed E-state index contributed by atoms with van der Waals surface area (Å²) in [5.74, 6) is 0.515. The second-order valence-corrected chi connectivity index (χ2v) is 12.0. The number of benzene rings is 1. The van der Waals surface area contributed by atoms with Crippen molar-refractivity contribution >= 4 is 32.5 Å². The molecule has 1 saturated heterocycles. The monoisotopic (exact) mass is 547 g/mol. The van der Waals surface area contributed by atoms with Crippen molar-refractivity contribution in [2.75, 3.05) is 24.2 Å². The fourth-order valence-corrected chi connectivity index (χ4v) is 5.81. The van der Waals surface area contributed by atoms with Crippen molar-refractivity contribution < 1.29 is 19.4 Å². The van der Waals surface area contributed by atoms with E-state index in [-0.39, 0.29) is 36.5 Å². The van der Waals surface area contributed by atoms with Gasteiger partial charge in [0.05, 0.1) is 46.2 Å². The topological polar surface area (TPSA) is 114 Å². The Morgan fingerprint density at radius 2 is 1.79 bits per heavy atom. The number of nitrogens with zero attached hydrogens (tertiary/aromatic N) is 4. The lowest BCUT2D eigenvalue weighted by molar-refractivity contribution is -0.00545. The van der Waals surface area contributed by atoms with E-state index in [1.54, 1.807) is 25.3 Å². The Bertz CT molecular complexity index is 1650. The molecule has 0 spiro atoms. The third-order valence-electron chi connectivity index (χ3n) is 6.65. The molecule has 39 heavy (non-hydrogen) atoms. The summed E-state index contributed by atoms with van der Waals surface area (Å²) < 4.78 is 29.9. The zero-order valence-electron chi connectivity index (χ0n) is 22.4. The van der Waals surface area contributed by atoms with E-state index in [4.69, 9.17) is 14.7 Å². The summed E-state index contributed by atoms with van der Waals surface area (Å²) in [5, 5.41) is 3.70. The Labute approximate surface area is 229 Å². The summed E-state index contributed by atoms with van der Waals surface area (Å²) in [6.07, 6.45) is 3.13. The van der Waals surface area contributed by atoms with Crippen LogP contribution < -0.4 is 10.2 Å². The molecule has 0 aliphatic carbocycles. The van der Waals surface area contributed by atoms with Gasteiger partial charge in [-0.15, -0.1) is 0 Å². The van der Waals surface area contributed by atoms with Crippen LogP contribution in [0.2, 0.25) is 0 Å². The van der Waals surface area contributed by atoms with Crippen molar-refractivity contribution in [3.63, 3.8) is 0 Å². The summed E-state index contributed by atoms with van der Waals surface area (Å²) >= 11 is 0. The third kappa shape index (κ3) is 6.07. The number of sulfone groups is 1. The zero-order chi connectivity index (χ0) is 27.7. The van der Waals surface area contributed by atoms with Crippen molar-refractivity contribution in [2.45, 2.75) is 44.4 Å². The lowest BCUT2D eigenvalue weighted by atomic mass is 10.1. The molecule has 1 N–H and O–H groups in total.